The summed E-state index contributed by atoms with van der Waals surface area (Å²) in [6.07, 6.45) is 3.78. The highest BCUT2D eigenvalue weighted by molar-refractivity contribution is 5.81. The molecule has 5 heteroatoms. The first-order valence-corrected chi connectivity index (χ1v) is 6.98. The maximum Gasteiger partial charge on any atom is 0.144 e. The van der Waals surface area contributed by atoms with E-state index in [1.54, 1.807) is 4.68 Å². The van der Waals surface area contributed by atoms with Gasteiger partial charge in [-0.05, 0) is 24.1 Å². The van der Waals surface area contributed by atoms with E-state index in [1.165, 1.54) is 0 Å². The van der Waals surface area contributed by atoms with Gasteiger partial charge in [0.05, 0.1) is 34.4 Å². The zero-order valence-corrected chi connectivity index (χ0v) is 12.4. The fourth-order valence-corrected chi connectivity index (χ4v) is 2.51. The van der Waals surface area contributed by atoms with Gasteiger partial charge in [-0.1, -0.05) is 13.8 Å². The number of aryl methyl sites for hydroxylation is 1. The minimum atomic E-state index is 0.508. The second kappa shape index (κ2) is 5.06. The minimum absolute atomic E-state index is 0.508. The quantitative estimate of drug-likeness (QED) is 0.740. The lowest BCUT2D eigenvalue weighted by atomic mass is 10.2. The molecule has 5 nitrogen and oxygen atoms in total. The van der Waals surface area contributed by atoms with Crippen molar-refractivity contribution in [2.45, 2.75) is 20.4 Å². The maximum absolute atomic E-state index is 9.04. The Morgan fingerprint density at radius 3 is 2.76 bits per heavy atom. The molecule has 0 aliphatic heterocycles. The van der Waals surface area contributed by atoms with Crippen LogP contribution in [-0.2, 0) is 13.6 Å². The van der Waals surface area contributed by atoms with E-state index < -0.39 is 0 Å². The normalized spacial score (nSPS) is 11.2. The number of nitriles is 1. The Balaban J connectivity index is 2.24. The molecule has 0 spiro atoms. The minimum Gasteiger partial charge on any atom is -0.324 e. The molecular weight excluding hydrogens is 262 g/mol. The van der Waals surface area contributed by atoms with Gasteiger partial charge in [0.25, 0.3) is 0 Å². The van der Waals surface area contributed by atoms with Crippen LogP contribution in [0.25, 0.3) is 22.4 Å². The Kier molecular flexibility index (Phi) is 3.22. The number of hydrogen-bond acceptors (Lipinski definition) is 3. The van der Waals surface area contributed by atoms with Crippen LogP contribution in [-0.4, -0.2) is 19.3 Å². The van der Waals surface area contributed by atoms with Gasteiger partial charge in [-0.3, -0.25) is 4.68 Å². The van der Waals surface area contributed by atoms with Crippen LogP contribution in [0, 0.1) is 17.2 Å². The number of nitrogens with zero attached hydrogens (tertiary/aromatic N) is 5. The van der Waals surface area contributed by atoms with Gasteiger partial charge in [0.1, 0.15) is 5.82 Å². The third kappa shape index (κ3) is 2.40. The number of hydrogen-bond donors (Lipinski definition) is 0. The molecule has 3 rings (SSSR count). The molecule has 3 aromatic rings. The van der Waals surface area contributed by atoms with Gasteiger partial charge >= 0.3 is 0 Å². The Morgan fingerprint density at radius 1 is 1.33 bits per heavy atom. The Labute approximate surface area is 123 Å². The number of imidazole rings is 1. The van der Waals surface area contributed by atoms with Gasteiger partial charge in [0.2, 0.25) is 0 Å². The highest BCUT2D eigenvalue weighted by Gasteiger charge is 2.15. The summed E-state index contributed by atoms with van der Waals surface area (Å²) in [5, 5.41) is 13.3. The molecule has 106 valence electrons. The van der Waals surface area contributed by atoms with Crippen LogP contribution in [0.2, 0.25) is 0 Å². The first kappa shape index (κ1) is 13.4. The van der Waals surface area contributed by atoms with E-state index in [9.17, 15) is 0 Å². The molecular formula is C16H17N5. The molecule has 0 fully saturated rings. The monoisotopic (exact) mass is 279 g/mol. The van der Waals surface area contributed by atoms with E-state index in [1.807, 2.05) is 37.6 Å². The Hall–Kier alpha value is -2.61. The van der Waals surface area contributed by atoms with E-state index >= 15 is 0 Å². The fraction of sp³-hybridized carbons (Fsp3) is 0.312. The first-order chi connectivity index (χ1) is 10.1. The third-order valence-corrected chi connectivity index (χ3v) is 3.39. The summed E-state index contributed by atoms with van der Waals surface area (Å²) in [6.45, 7) is 5.25. The smallest absolute Gasteiger partial charge is 0.144 e. The van der Waals surface area contributed by atoms with Crippen molar-refractivity contribution in [2.24, 2.45) is 13.0 Å². The van der Waals surface area contributed by atoms with E-state index in [-0.39, 0.29) is 0 Å². The summed E-state index contributed by atoms with van der Waals surface area (Å²) in [5.74, 6) is 1.41. The molecule has 0 saturated heterocycles. The highest BCUT2D eigenvalue weighted by atomic mass is 15.2. The largest absolute Gasteiger partial charge is 0.324 e. The predicted octanol–water partition coefficient (Wildman–Crippen LogP) is 2.96. The lowest BCUT2D eigenvalue weighted by molar-refractivity contribution is 0.536. The van der Waals surface area contributed by atoms with Crippen molar-refractivity contribution in [3.63, 3.8) is 0 Å². The second-order valence-electron chi connectivity index (χ2n) is 5.66. The van der Waals surface area contributed by atoms with Crippen molar-refractivity contribution in [3.05, 3.63) is 36.2 Å². The van der Waals surface area contributed by atoms with E-state index in [4.69, 9.17) is 10.2 Å². The molecule has 0 aliphatic carbocycles. The van der Waals surface area contributed by atoms with Gasteiger partial charge in [-0.2, -0.15) is 10.4 Å². The molecule has 2 heterocycles. The van der Waals surface area contributed by atoms with Crippen molar-refractivity contribution < 1.29 is 0 Å². The maximum atomic E-state index is 9.04. The van der Waals surface area contributed by atoms with Crippen LogP contribution in [0.3, 0.4) is 0 Å². The molecule has 0 radical (unpaired) electrons. The molecule has 0 bridgehead atoms. The lowest BCUT2D eigenvalue weighted by Crippen LogP contribution is -2.06. The highest BCUT2D eigenvalue weighted by Crippen LogP contribution is 2.26. The SMILES string of the molecule is CC(C)Cn1c(-c2cnn(C)c2)nc2cc(C#N)ccc21. The molecule has 0 unspecified atom stereocenters. The zero-order valence-electron chi connectivity index (χ0n) is 12.4. The Bertz CT molecular complexity index is 832. The molecule has 0 saturated carbocycles. The van der Waals surface area contributed by atoms with Crippen LogP contribution in [0.5, 0.6) is 0 Å². The van der Waals surface area contributed by atoms with Crippen LogP contribution in [0.15, 0.2) is 30.6 Å². The van der Waals surface area contributed by atoms with Gasteiger partial charge in [0, 0.05) is 19.8 Å². The van der Waals surface area contributed by atoms with E-state index in [0.29, 0.717) is 11.5 Å². The van der Waals surface area contributed by atoms with Crippen molar-refractivity contribution in [2.75, 3.05) is 0 Å². The lowest BCUT2D eigenvalue weighted by Gasteiger charge is -2.10. The number of fused-ring (bicyclic) bond motifs is 1. The van der Waals surface area contributed by atoms with Crippen molar-refractivity contribution >= 4 is 11.0 Å². The van der Waals surface area contributed by atoms with Gasteiger partial charge in [-0.15, -0.1) is 0 Å². The summed E-state index contributed by atoms with van der Waals surface area (Å²) in [5.41, 5.74) is 3.54. The summed E-state index contributed by atoms with van der Waals surface area (Å²) in [7, 11) is 1.90. The first-order valence-electron chi connectivity index (χ1n) is 6.98. The average molecular weight is 279 g/mol. The molecule has 0 atom stereocenters. The topological polar surface area (TPSA) is 59.4 Å². The molecule has 21 heavy (non-hydrogen) atoms. The molecule has 1 aromatic carbocycles. The number of rotatable bonds is 3. The van der Waals surface area contributed by atoms with E-state index in [0.717, 1.165) is 29.0 Å². The molecule has 0 amide bonds. The molecule has 0 N–H and O–H groups in total. The molecule has 2 aromatic heterocycles. The zero-order chi connectivity index (χ0) is 15.0. The summed E-state index contributed by atoms with van der Waals surface area (Å²) in [4.78, 5) is 4.72. The Morgan fingerprint density at radius 2 is 2.14 bits per heavy atom. The van der Waals surface area contributed by atoms with Gasteiger partial charge in [-0.25, -0.2) is 4.98 Å². The number of aromatic nitrogens is 4. The van der Waals surface area contributed by atoms with E-state index in [2.05, 4.69) is 29.6 Å². The van der Waals surface area contributed by atoms with Crippen molar-refractivity contribution in [1.82, 2.24) is 19.3 Å². The average Bonchev–Trinajstić information content (AvgIpc) is 3.02. The summed E-state index contributed by atoms with van der Waals surface area (Å²) >= 11 is 0. The van der Waals surface area contributed by atoms with Gasteiger partial charge < -0.3 is 4.57 Å². The summed E-state index contributed by atoms with van der Waals surface area (Å²) in [6, 6.07) is 7.82. The standard InChI is InChI=1S/C16H17N5/c1-11(2)9-21-15-5-4-12(7-17)6-14(15)19-16(21)13-8-18-20(3)10-13/h4-6,8,10-11H,9H2,1-3H3. The van der Waals surface area contributed by atoms with Crippen LogP contribution < -0.4 is 0 Å². The van der Waals surface area contributed by atoms with Crippen LogP contribution in [0.4, 0.5) is 0 Å². The summed E-state index contributed by atoms with van der Waals surface area (Å²) < 4.78 is 3.98. The fourth-order valence-electron chi connectivity index (χ4n) is 2.51. The van der Waals surface area contributed by atoms with Crippen LogP contribution >= 0.6 is 0 Å². The second-order valence-corrected chi connectivity index (χ2v) is 5.66. The van der Waals surface area contributed by atoms with Gasteiger partial charge in [0.15, 0.2) is 0 Å². The third-order valence-electron chi connectivity index (χ3n) is 3.39. The predicted molar refractivity (Wildman–Crippen MR) is 81.5 cm³/mol. The van der Waals surface area contributed by atoms with Crippen LogP contribution in [0.1, 0.15) is 19.4 Å². The van der Waals surface area contributed by atoms with Crippen molar-refractivity contribution in [3.8, 4) is 17.5 Å². The number of benzene rings is 1. The molecule has 0 aliphatic rings. The van der Waals surface area contributed by atoms with Crippen molar-refractivity contribution in [1.29, 1.82) is 5.26 Å².